The van der Waals surface area contributed by atoms with Gasteiger partial charge in [-0.25, -0.2) is 0 Å². The summed E-state index contributed by atoms with van der Waals surface area (Å²) < 4.78 is 0. The third-order valence-corrected chi connectivity index (χ3v) is 6.60. The van der Waals surface area contributed by atoms with Crippen LogP contribution in [0.4, 0.5) is 5.69 Å². The zero-order valence-corrected chi connectivity index (χ0v) is 17.2. The van der Waals surface area contributed by atoms with Gasteiger partial charge in [0.1, 0.15) is 0 Å². The number of amides is 2. The molecule has 2 amide bonds. The van der Waals surface area contributed by atoms with Crippen LogP contribution in [0.2, 0.25) is 0 Å². The van der Waals surface area contributed by atoms with Crippen molar-refractivity contribution in [3.05, 3.63) is 30.3 Å². The number of nitrogens with zero attached hydrogens (tertiary/aromatic N) is 1. The Kier molecular flexibility index (Phi) is 6.25. The molecular weight excluding hydrogens is 354 g/mol. The van der Waals surface area contributed by atoms with Gasteiger partial charge in [-0.2, -0.15) is 0 Å². The first-order chi connectivity index (χ1) is 13.2. The predicted octanol–water partition coefficient (Wildman–Crippen LogP) is 3.53. The smallest absolute Gasteiger partial charge is 0.234 e. The van der Waals surface area contributed by atoms with E-state index in [4.69, 9.17) is 0 Å². The molecule has 1 unspecified atom stereocenters. The number of carbonyl (C=O) groups excluding carboxylic acids is 2. The number of piperidine rings is 1. The van der Waals surface area contributed by atoms with Crippen molar-refractivity contribution in [3.8, 4) is 0 Å². The van der Waals surface area contributed by atoms with E-state index in [-0.39, 0.29) is 41.9 Å². The number of carbonyl (C=O) groups is 2. The molecule has 0 radical (unpaired) electrons. The first-order valence-electron chi connectivity index (χ1n) is 10.4. The van der Waals surface area contributed by atoms with Crippen LogP contribution < -0.4 is 4.90 Å². The topological polar surface area (TPSA) is 77.8 Å². The van der Waals surface area contributed by atoms with Crippen molar-refractivity contribution in [1.82, 2.24) is 0 Å². The summed E-state index contributed by atoms with van der Waals surface area (Å²) in [5, 5.41) is 21.3. The first kappa shape index (κ1) is 21.0. The normalized spacial score (nSPS) is 28.5. The standard InChI is InChI=1S/C23H33NO4/c1-23(2,3)16-9-10-19(25)18(14-16)20(26)11-15-12-21(27)24(22(28)13-15)17-7-5-4-6-8-17/h4-8,15-16,18-20,25-26H,9-14H2,1-3H3/t16?,18-,19+,20-/m1/s1. The van der Waals surface area contributed by atoms with Gasteiger partial charge in [0, 0.05) is 18.8 Å². The van der Waals surface area contributed by atoms with Crippen molar-refractivity contribution in [2.24, 2.45) is 23.2 Å². The molecule has 0 spiro atoms. The van der Waals surface area contributed by atoms with E-state index in [0.29, 0.717) is 24.4 Å². The SMILES string of the molecule is CC(C)(C)C1CC[C@H](O)[C@H]([C@H](O)CC2CC(=O)N(c3ccccc3)C(=O)C2)C1. The Morgan fingerprint density at radius 3 is 2.25 bits per heavy atom. The van der Waals surface area contributed by atoms with Gasteiger partial charge in [-0.15, -0.1) is 0 Å². The summed E-state index contributed by atoms with van der Waals surface area (Å²) in [5.41, 5.74) is 0.748. The lowest BCUT2D eigenvalue weighted by molar-refractivity contribution is -0.131. The molecule has 1 aliphatic carbocycles. The van der Waals surface area contributed by atoms with Crippen LogP contribution in [0.5, 0.6) is 0 Å². The summed E-state index contributed by atoms with van der Waals surface area (Å²) in [5.74, 6) is -0.320. The molecule has 2 fully saturated rings. The molecular formula is C23H33NO4. The van der Waals surface area contributed by atoms with E-state index in [9.17, 15) is 19.8 Å². The maximum absolute atomic E-state index is 12.6. The monoisotopic (exact) mass is 387 g/mol. The van der Waals surface area contributed by atoms with Crippen LogP contribution in [-0.4, -0.2) is 34.2 Å². The molecule has 2 aliphatic rings. The molecule has 3 rings (SSSR count). The highest BCUT2D eigenvalue weighted by molar-refractivity contribution is 6.16. The van der Waals surface area contributed by atoms with Crippen LogP contribution in [0.15, 0.2) is 30.3 Å². The Labute approximate surface area is 167 Å². The second-order valence-electron chi connectivity index (χ2n) is 9.64. The largest absolute Gasteiger partial charge is 0.393 e. The lowest BCUT2D eigenvalue weighted by Crippen LogP contribution is -2.46. The summed E-state index contributed by atoms with van der Waals surface area (Å²) in [6.45, 7) is 6.61. The van der Waals surface area contributed by atoms with E-state index in [1.54, 1.807) is 12.1 Å². The van der Waals surface area contributed by atoms with Gasteiger partial charge in [-0.3, -0.25) is 14.5 Å². The minimum Gasteiger partial charge on any atom is -0.393 e. The van der Waals surface area contributed by atoms with Gasteiger partial charge < -0.3 is 10.2 Å². The van der Waals surface area contributed by atoms with Crippen LogP contribution in [0, 0.1) is 23.2 Å². The van der Waals surface area contributed by atoms with Crippen LogP contribution in [-0.2, 0) is 9.59 Å². The van der Waals surface area contributed by atoms with Crippen LogP contribution in [0.3, 0.4) is 0 Å². The number of para-hydroxylation sites is 1. The molecule has 1 aliphatic heterocycles. The summed E-state index contributed by atoms with van der Waals surface area (Å²) in [4.78, 5) is 26.4. The van der Waals surface area contributed by atoms with Crippen molar-refractivity contribution in [3.63, 3.8) is 0 Å². The van der Waals surface area contributed by atoms with Crippen molar-refractivity contribution in [2.75, 3.05) is 4.90 Å². The van der Waals surface area contributed by atoms with Gasteiger partial charge in [-0.05, 0) is 55.1 Å². The zero-order valence-electron chi connectivity index (χ0n) is 17.2. The fourth-order valence-electron chi connectivity index (χ4n) is 4.83. The molecule has 0 aromatic heterocycles. The second-order valence-corrected chi connectivity index (χ2v) is 9.64. The Balaban J connectivity index is 1.63. The predicted molar refractivity (Wildman–Crippen MR) is 109 cm³/mol. The lowest BCUT2D eigenvalue weighted by atomic mass is 9.66. The van der Waals surface area contributed by atoms with Crippen LogP contribution in [0.1, 0.15) is 59.3 Å². The lowest BCUT2D eigenvalue weighted by Gasteiger charge is -2.42. The first-order valence-corrected chi connectivity index (χ1v) is 10.4. The van der Waals surface area contributed by atoms with E-state index in [1.807, 2.05) is 18.2 Å². The van der Waals surface area contributed by atoms with Crippen molar-refractivity contribution in [1.29, 1.82) is 0 Å². The number of rotatable bonds is 4. The molecule has 1 aromatic rings. The molecule has 5 heteroatoms. The average molecular weight is 388 g/mol. The summed E-state index contributed by atoms with van der Waals surface area (Å²) >= 11 is 0. The molecule has 154 valence electrons. The highest BCUT2D eigenvalue weighted by Crippen LogP contribution is 2.42. The van der Waals surface area contributed by atoms with Gasteiger partial charge in [-0.1, -0.05) is 39.0 Å². The molecule has 1 heterocycles. The molecule has 0 bridgehead atoms. The zero-order chi connectivity index (χ0) is 20.5. The Bertz CT molecular complexity index is 678. The van der Waals surface area contributed by atoms with Crippen molar-refractivity contribution in [2.45, 2.75) is 71.5 Å². The maximum Gasteiger partial charge on any atom is 0.234 e. The van der Waals surface area contributed by atoms with Gasteiger partial charge >= 0.3 is 0 Å². The Hall–Kier alpha value is -1.72. The molecule has 4 atom stereocenters. The summed E-state index contributed by atoms with van der Waals surface area (Å²) in [6, 6.07) is 8.98. The fourth-order valence-corrected chi connectivity index (χ4v) is 4.83. The third kappa shape index (κ3) is 4.64. The number of imide groups is 1. The summed E-state index contributed by atoms with van der Waals surface area (Å²) in [6.07, 6.45) is 2.16. The molecule has 1 saturated carbocycles. The number of benzene rings is 1. The molecule has 1 saturated heterocycles. The van der Waals surface area contributed by atoms with E-state index < -0.39 is 12.2 Å². The average Bonchev–Trinajstić information content (AvgIpc) is 2.61. The quantitative estimate of drug-likeness (QED) is 0.775. The highest BCUT2D eigenvalue weighted by Gasteiger charge is 2.41. The maximum atomic E-state index is 12.6. The van der Waals surface area contributed by atoms with E-state index in [2.05, 4.69) is 20.8 Å². The molecule has 5 nitrogen and oxygen atoms in total. The number of anilines is 1. The Morgan fingerprint density at radius 2 is 1.68 bits per heavy atom. The molecule has 28 heavy (non-hydrogen) atoms. The highest BCUT2D eigenvalue weighted by atomic mass is 16.3. The minimum absolute atomic E-state index is 0.144. The van der Waals surface area contributed by atoms with Gasteiger partial charge in [0.25, 0.3) is 0 Å². The molecule has 2 N–H and O–H groups in total. The second kappa shape index (κ2) is 8.34. The van der Waals surface area contributed by atoms with Gasteiger partial charge in [0.2, 0.25) is 11.8 Å². The fraction of sp³-hybridized carbons (Fsp3) is 0.652. The van der Waals surface area contributed by atoms with E-state index >= 15 is 0 Å². The molecule has 1 aromatic carbocycles. The van der Waals surface area contributed by atoms with Gasteiger partial charge in [0.05, 0.1) is 17.9 Å². The minimum atomic E-state index is -0.686. The van der Waals surface area contributed by atoms with Gasteiger partial charge in [0.15, 0.2) is 0 Å². The number of hydrogen-bond donors (Lipinski definition) is 2. The number of aliphatic hydroxyl groups excluding tert-OH is 2. The number of aliphatic hydroxyl groups is 2. The van der Waals surface area contributed by atoms with Crippen molar-refractivity contribution >= 4 is 17.5 Å². The number of hydrogen-bond acceptors (Lipinski definition) is 4. The third-order valence-electron chi connectivity index (χ3n) is 6.60. The van der Waals surface area contributed by atoms with E-state index in [0.717, 1.165) is 12.8 Å². The summed E-state index contributed by atoms with van der Waals surface area (Å²) in [7, 11) is 0. The van der Waals surface area contributed by atoms with Crippen molar-refractivity contribution < 1.29 is 19.8 Å². The Morgan fingerprint density at radius 1 is 1.07 bits per heavy atom. The van der Waals surface area contributed by atoms with Crippen LogP contribution >= 0.6 is 0 Å². The van der Waals surface area contributed by atoms with Crippen LogP contribution in [0.25, 0.3) is 0 Å². The van der Waals surface area contributed by atoms with E-state index in [1.165, 1.54) is 4.90 Å².